The van der Waals surface area contributed by atoms with E-state index in [1.165, 1.54) is 11.3 Å². The number of imidazole rings is 1. The molecule has 0 spiro atoms. The lowest BCUT2D eigenvalue weighted by atomic mass is 10.1. The number of fused-ring (bicyclic) bond motifs is 1. The molecular formula is C15H20N4. The second-order valence-corrected chi connectivity index (χ2v) is 5.19. The lowest BCUT2D eigenvalue weighted by Gasteiger charge is -2.12. The predicted molar refractivity (Wildman–Crippen MR) is 79.3 cm³/mol. The Morgan fingerprint density at radius 3 is 3.00 bits per heavy atom. The largest absolute Gasteiger partial charge is 0.383 e. The number of hydrogen-bond acceptors (Lipinski definition) is 3. The number of nitrogens with two attached hydrogens (primary N) is 1. The summed E-state index contributed by atoms with van der Waals surface area (Å²) in [4.78, 5) is 6.76. The van der Waals surface area contributed by atoms with Crippen LogP contribution in [0.1, 0.15) is 18.9 Å². The fourth-order valence-electron chi connectivity index (χ4n) is 2.75. The summed E-state index contributed by atoms with van der Waals surface area (Å²) < 4.78 is 2.02. The van der Waals surface area contributed by atoms with Crippen molar-refractivity contribution in [3.8, 4) is 11.3 Å². The van der Waals surface area contributed by atoms with Gasteiger partial charge in [0.2, 0.25) is 0 Å². The number of hydrogen-bond donors (Lipinski definition) is 1. The molecule has 1 aliphatic rings. The van der Waals surface area contributed by atoms with Gasteiger partial charge in [0.25, 0.3) is 0 Å². The average molecular weight is 256 g/mol. The smallest absolute Gasteiger partial charge is 0.131 e. The van der Waals surface area contributed by atoms with Crippen molar-refractivity contribution < 1.29 is 0 Å². The van der Waals surface area contributed by atoms with Gasteiger partial charge in [0.05, 0.1) is 6.33 Å². The molecule has 0 radical (unpaired) electrons. The van der Waals surface area contributed by atoms with E-state index in [1.54, 1.807) is 0 Å². The summed E-state index contributed by atoms with van der Waals surface area (Å²) in [7, 11) is 2.13. The molecule has 2 N–H and O–H groups in total. The van der Waals surface area contributed by atoms with Crippen LogP contribution in [0, 0.1) is 0 Å². The SMILES string of the molecule is CCCn1cnc(-c2ccc3c(c2)CCN3C)c1N. The maximum Gasteiger partial charge on any atom is 0.131 e. The Hall–Kier alpha value is -1.97. The first-order valence-electron chi connectivity index (χ1n) is 6.85. The van der Waals surface area contributed by atoms with Gasteiger partial charge in [-0.15, -0.1) is 0 Å². The van der Waals surface area contributed by atoms with Crippen LogP contribution >= 0.6 is 0 Å². The second kappa shape index (κ2) is 4.61. The van der Waals surface area contributed by atoms with Gasteiger partial charge in [0.1, 0.15) is 11.5 Å². The number of anilines is 2. The van der Waals surface area contributed by atoms with Crippen LogP contribution in [0.4, 0.5) is 11.5 Å². The molecule has 2 heterocycles. The van der Waals surface area contributed by atoms with E-state index in [0.29, 0.717) is 0 Å². The third kappa shape index (κ3) is 1.97. The fraction of sp³-hybridized carbons (Fsp3) is 0.400. The molecule has 0 atom stereocenters. The van der Waals surface area contributed by atoms with Crippen molar-refractivity contribution in [2.45, 2.75) is 26.3 Å². The average Bonchev–Trinajstić information content (AvgIpc) is 2.95. The summed E-state index contributed by atoms with van der Waals surface area (Å²) in [5, 5.41) is 0. The lowest BCUT2D eigenvalue weighted by Crippen LogP contribution is -2.12. The molecular weight excluding hydrogens is 236 g/mol. The number of nitrogens with zero attached hydrogens (tertiary/aromatic N) is 3. The number of rotatable bonds is 3. The predicted octanol–water partition coefficient (Wildman–Crippen LogP) is 2.53. The third-order valence-electron chi connectivity index (χ3n) is 3.82. The quantitative estimate of drug-likeness (QED) is 0.918. The van der Waals surface area contributed by atoms with Gasteiger partial charge >= 0.3 is 0 Å². The van der Waals surface area contributed by atoms with Gasteiger partial charge in [0, 0.05) is 31.4 Å². The molecule has 0 amide bonds. The molecule has 1 aromatic heterocycles. The fourth-order valence-corrected chi connectivity index (χ4v) is 2.75. The van der Waals surface area contributed by atoms with Crippen LogP contribution < -0.4 is 10.6 Å². The molecule has 4 heteroatoms. The molecule has 19 heavy (non-hydrogen) atoms. The molecule has 1 aliphatic heterocycles. The number of aromatic nitrogens is 2. The molecule has 0 fully saturated rings. The number of benzene rings is 1. The van der Waals surface area contributed by atoms with Crippen LogP contribution in [-0.2, 0) is 13.0 Å². The van der Waals surface area contributed by atoms with E-state index >= 15 is 0 Å². The van der Waals surface area contributed by atoms with Crippen LogP contribution in [0.2, 0.25) is 0 Å². The number of nitrogen functional groups attached to an aromatic ring is 1. The second-order valence-electron chi connectivity index (χ2n) is 5.19. The highest BCUT2D eigenvalue weighted by atomic mass is 15.1. The molecule has 100 valence electrons. The van der Waals surface area contributed by atoms with Crippen LogP contribution in [0.5, 0.6) is 0 Å². The third-order valence-corrected chi connectivity index (χ3v) is 3.82. The van der Waals surface area contributed by atoms with Crippen LogP contribution in [0.25, 0.3) is 11.3 Å². The van der Waals surface area contributed by atoms with Crippen LogP contribution in [-0.4, -0.2) is 23.1 Å². The summed E-state index contributed by atoms with van der Waals surface area (Å²) in [6.07, 6.45) is 4.01. The summed E-state index contributed by atoms with van der Waals surface area (Å²) in [5.41, 5.74) is 10.9. The molecule has 0 aliphatic carbocycles. The molecule has 2 aromatic rings. The zero-order valence-corrected chi connectivity index (χ0v) is 11.6. The highest BCUT2D eigenvalue weighted by molar-refractivity contribution is 5.74. The zero-order valence-electron chi connectivity index (χ0n) is 11.6. The first-order valence-corrected chi connectivity index (χ1v) is 6.85. The minimum absolute atomic E-state index is 0.771. The van der Waals surface area contributed by atoms with E-state index in [2.05, 4.69) is 42.1 Å². The van der Waals surface area contributed by atoms with Crippen molar-refractivity contribution in [3.63, 3.8) is 0 Å². The van der Waals surface area contributed by atoms with Crippen molar-refractivity contribution in [3.05, 3.63) is 30.1 Å². The van der Waals surface area contributed by atoms with Crippen molar-refractivity contribution >= 4 is 11.5 Å². The number of aryl methyl sites for hydroxylation is 1. The van der Waals surface area contributed by atoms with E-state index < -0.39 is 0 Å². The Morgan fingerprint density at radius 1 is 1.37 bits per heavy atom. The molecule has 0 saturated carbocycles. The Labute approximate surface area is 113 Å². The van der Waals surface area contributed by atoms with E-state index in [0.717, 1.165) is 43.0 Å². The van der Waals surface area contributed by atoms with Crippen molar-refractivity contribution in [1.29, 1.82) is 0 Å². The van der Waals surface area contributed by atoms with Gasteiger partial charge in [-0.2, -0.15) is 0 Å². The van der Waals surface area contributed by atoms with Crippen LogP contribution in [0.15, 0.2) is 24.5 Å². The Bertz CT molecular complexity index is 600. The lowest BCUT2D eigenvalue weighted by molar-refractivity contribution is 0.686. The number of likely N-dealkylation sites (N-methyl/N-ethyl adjacent to an activating group) is 1. The first-order chi connectivity index (χ1) is 9.20. The van der Waals surface area contributed by atoms with Gasteiger partial charge in [-0.25, -0.2) is 4.98 Å². The molecule has 3 rings (SSSR count). The summed E-state index contributed by atoms with van der Waals surface area (Å²) in [6.45, 7) is 4.16. The van der Waals surface area contributed by atoms with Gasteiger partial charge in [0.15, 0.2) is 0 Å². The first kappa shape index (κ1) is 12.1. The summed E-state index contributed by atoms with van der Waals surface area (Å²) in [6, 6.07) is 6.53. The standard InChI is InChI=1S/C15H20N4/c1-3-7-19-10-17-14(15(19)16)12-4-5-13-11(9-12)6-8-18(13)2/h4-5,9-10H,3,6-8,16H2,1-2H3. The molecule has 4 nitrogen and oxygen atoms in total. The van der Waals surface area contributed by atoms with Gasteiger partial charge in [-0.3, -0.25) is 0 Å². The Morgan fingerprint density at radius 2 is 2.21 bits per heavy atom. The molecule has 0 bridgehead atoms. The topological polar surface area (TPSA) is 47.1 Å². The summed E-state index contributed by atoms with van der Waals surface area (Å²) >= 11 is 0. The van der Waals surface area contributed by atoms with Crippen molar-refractivity contribution in [1.82, 2.24) is 9.55 Å². The van der Waals surface area contributed by atoms with Crippen LogP contribution in [0.3, 0.4) is 0 Å². The molecule has 0 saturated heterocycles. The monoisotopic (exact) mass is 256 g/mol. The maximum atomic E-state index is 6.18. The molecule has 0 unspecified atom stereocenters. The normalized spacial score (nSPS) is 13.9. The zero-order chi connectivity index (χ0) is 13.4. The van der Waals surface area contributed by atoms with E-state index in [9.17, 15) is 0 Å². The van der Waals surface area contributed by atoms with E-state index in [4.69, 9.17) is 5.73 Å². The Balaban J connectivity index is 1.99. The highest BCUT2D eigenvalue weighted by Gasteiger charge is 2.17. The van der Waals surface area contributed by atoms with E-state index in [-0.39, 0.29) is 0 Å². The van der Waals surface area contributed by atoms with Gasteiger partial charge < -0.3 is 15.2 Å². The van der Waals surface area contributed by atoms with Gasteiger partial charge in [-0.1, -0.05) is 13.0 Å². The van der Waals surface area contributed by atoms with Crippen molar-refractivity contribution in [2.24, 2.45) is 0 Å². The van der Waals surface area contributed by atoms with Gasteiger partial charge in [-0.05, 0) is 30.5 Å². The molecule has 1 aromatic carbocycles. The minimum Gasteiger partial charge on any atom is -0.383 e. The summed E-state index contributed by atoms with van der Waals surface area (Å²) in [5.74, 6) is 0.771. The Kier molecular flexibility index (Phi) is 2.93. The highest BCUT2D eigenvalue weighted by Crippen LogP contribution is 2.32. The minimum atomic E-state index is 0.771. The van der Waals surface area contributed by atoms with E-state index in [1.807, 2.05) is 10.9 Å². The maximum absolute atomic E-state index is 6.18. The van der Waals surface area contributed by atoms with Crippen molar-refractivity contribution in [2.75, 3.05) is 24.2 Å².